The van der Waals surface area contributed by atoms with Gasteiger partial charge in [-0.1, -0.05) is 6.07 Å². The lowest BCUT2D eigenvalue weighted by atomic mass is 9.79. The third kappa shape index (κ3) is 3.52. The van der Waals surface area contributed by atoms with E-state index in [1.165, 1.54) is 12.4 Å². The molecule has 4 heterocycles. The fourth-order valence-electron chi connectivity index (χ4n) is 4.12. The van der Waals surface area contributed by atoms with Gasteiger partial charge in [-0.15, -0.1) is 0 Å². The maximum Gasteiger partial charge on any atom is 0.227 e. The van der Waals surface area contributed by atoms with E-state index in [0.717, 1.165) is 51.0 Å². The minimum Gasteiger partial charge on any atom is -0.342 e. The molecule has 136 valence electrons. The van der Waals surface area contributed by atoms with Gasteiger partial charge in [0.1, 0.15) is 0 Å². The number of amides is 1. The zero-order chi connectivity index (χ0) is 18.0. The van der Waals surface area contributed by atoms with Gasteiger partial charge in [0.2, 0.25) is 11.9 Å². The Labute approximate surface area is 152 Å². The van der Waals surface area contributed by atoms with Crippen molar-refractivity contribution in [1.29, 1.82) is 0 Å². The van der Waals surface area contributed by atoms with E-state index in [4.69, 9.17) is 0 Å². The van der Waals surface area contributed by atoms with Crippen LogP contribution in [0.5, 0.6) is 0 Å². The van der Waals surface area contributed by atoms with Crippen molar-refractivity contribution in [2.45, 2.75) is 25.7 Å². The monoisotopic (exact) mass is 355 g/mol. The van der Waals surface area contributed by atoms with Crippen LogP contribution < -0.4 is 4.90 Å². The van der Waals surface area contributed by atoms with E-state index in [1.807, 2.05) is 17.0 Å². The fraction of sp³-hybridized carbons (Fsp3) is 0.474. The molecular weight excluding hydrogens is 333 g/mol. The van der Waals surface area contributed by atoms with Crippen LogP contribution >= 0.6 is 0 Å². The molecule has 26 heavy (non-hydrogen) atoms. The Morgan fingerprint density at radius 2 is 2.00 bits per heavy atom. The number of halogens is 1. The highest BCUT2D eigenvalue weighted by Crippen LogP contribution is 2.40. The van der Waals surface area contributed by atoms with Gasteiger partial charge in [-0.05, 0) is 30.9 Å². The van der Waals surface area contributed by atoms with Gasteiger partial charge in [0.05, 0.1) is 18.8 Å². The van der Waals surface area contributed by atoms with Gasteiger partial charge < -0.3 is 9.80 Å². The topological polar surface area (TPSA) is 62.2 Å². The first-order chi connectivity index (χ1) is 12.6. The number of pyridine rings is 1. The number of carbonyl (C=O) groups is 1. The third-order valence-corrected chi connectivity index (χ3v) is 5.42. The Balaban J connectivity index is 1.41. The van der Waals surface area contributed by atoms with Crippen molar-refractivity contribution in [3.05, 3.63) is 48.3 Å². The lowest BCUT2D eigenvalue weighted by molar-refractivity contribution is -0.133. The van der Waals surface area contributed by atoms with Crippen molar-refractivity contribution in [1.82, 2.24) is 19.9 Å². The summed E-state index contributed by atoms with van der Waals surface area (Å²) in [5.41, 5.74) is 1.03. The van der Waals surface area contributed by atoms with Crippen molar-refractivity contribution in [2.24, 2.45) is 5.41 Å². The first-order valence-corrected chi connectivity index (χ1v) is 9.03. The Kier molecular flexibility index (Phi) is 4.53. The number of aromatic nitrogens is 3. The second kappa shape index (κ2) is 6.97. The first kappa shape index (κ1) is 16.9. The van der Waals surface area contributed by atoms with Gasteiger partial charge in [0.15, 0.2) is 5.82 Å². The van der Waals surface area contributed by atoms with Crippen LogP contribution in [0.4, 0.5) is 10.3 Å². The highest BCUT2D eigenvalue weighted by atomic mass is 19.1. The summed E-state index contributed by atoms with van der Waals surface area (Å²) in [5, 5.41) is 0. The molecular formula is C19H22FN5O. The van der Waals surface area contributed by atoms with Crippen molar-refractivity contribution in [2.75, 3.05) is 31.1 Å². The molecule has 2 fully saturated rings. The molecule has 0 N–H and O–H groups in total. The van der Waals surface area contributed by atoms with E-state index in [0.29, 0.717) is 12.4 Å². The highest BCUT2D eigenvalue weighted by Gasteiger charge is 2.43. The summed E-state index contributed by atoms with van der Waals surface area (Å²) in [4.78, 5) is 29.1. The Bertz CT molecular complexity index is 769. The molecule has 0 radical (unpaired) electrons. The summed E-state index contributed by atoms with van der Waals surface area (Å²) >= 11 is 0. The average Bonchev–Trinajstić information content (AvgIpc) is 3.06. The summed E-state index contributed by atoms with van der Waals surface area (Å²) < 4.78 is 13.0. The standard InChI is InChI=1S/C19H22FN5O/c20-16-11-22-18(23-12-16)25-8-5-19(14-25)4-2-7-24(13-19)17(26)9-15-3-1-6-21-10-15/h1,3,6,10-12H,2,4-5,7-9,13-14H2. The second-order valence-electron chi connectivity index (χ2n) is 7.33. The first-order valence-electron chi connectivity index (χ1n) is 9.03. The number of anilines is 1. The molecule has 1 spiro atoms. The molecule has 1 amide bonds. The van der Waals surface area contributed by atoms with Gasteiger partial charge in [0, 0.05) is 44.0 Å². The molecule has 0 aromatic carbocycles. The highest BCUT2D eigenvalue weighted by molar-refractivity contribution is 5.78. The Hall–Kier alpha value is -2.57. The van der Waals surface area contributed by atoms with Gasteiger partial charge >= 0.3 is 0 Å². The zero-order valence-corrected chi connectivity index (χ0v) is 14.6. The van der Waals surface area contributed by atoms with E-state index in [9.17, 15) is 9.18 Å². The molecule has 0 bridgehead atoms. The van der Waals surface area contributed by atoms with E-state index < -0.39 is 5.82 Å². The van der Waals surface area contributed by atoms with Gasteiger partial charge in [-0.25, -0.2) is 14.4 Å². The van der Waals surface area contributed by atoms with Gasteiger partial charge in [-0.3, -0.25) is 9.78 Å². The molecule has 6 nitrogen and oxygen atoms in total. The number of carbonyl (C=O) groups excluding carboxylic acids is 1. The second-order valence-corrected chi connectivity index (χ2v) is 7.33. The van der Waals surface area contributed by atoms with Crippen molar-refractivity contribution >= 4 is 11.9 Å². The number of hydrogen-bond acceptors (Lipinski definition) is 5. The smallest absolute Gasteiger partial charge is 0.227 e. The minimum absolute atomic E-state index is 0.0839. The van der Waals surface area contributed by atoms with Crippen LogP contribution in [0.25, 0.3) is 0 Å². The number of nitrogens with zero attached hydrogens (tertiary/aromatic N) is 5. The zero-order valence-electron chi connectivity index (χ0n) is 14.6. The number of likely N-dealkylation sites (tertiary alicyclic amines) is 1. The molecule has 7 heteroatoms. The number of piperidine rings is 1. The summed E-state index contributed by atoms with van der Waals surface area (Å²) in [7, 11) is 0. The normalized spacial score (nSPS) is 22.8. The van der Waals surface area contributed by atoms with Crippen LogP contribution in [-0.4, -0.2) is 51.9 Å². The summed E-state index contributed by atoms with van der Waals surface area (Å²) in [6, 6.07) is 3.80. The SMILES string of the molecule is O=C(Cc1cccnc1)N1CCCC2(CCN(c3ncc(F)cn3)C2)C1. The molecule has 2 aromatic rings. The summed E-state index contributed by atoms with van der Waals surface area (Å²) in [6.45, 7) is 3.24. The lowest BCUT2D eigenvalue weighted by Crippen LogP contribution is -2.48. The summed E-state index contributed by atoms with van der Waals surface area (Å²) in [5.74, 6) is 0.308. The molecule has 1 atom stereocenters. The molecule has 2 aliphatic heterocycles. The van der Waals surface area contributed by atoms with Crippen molar-refractivity contribution in [3.63, 3.8) is 0 Å². The van der Waals surface area contributed by atoms with Crippen LogP contribution in [0.2, 0.25) is 0 Å². The Morgan fingerprint density at radius 3 is 2.77 bits per heavy atom. The molecule has 0 saturated carbocycles. The largest absolute Gasteiger partial charge is 0.342 e. The minimum atomic E-state index is -0.424. The predicted molar refractivity (Wildman–Crippen MR) is 95.0 cm³/mol. The van der Waals surface area contributed by atoms with Crippen LogP contribution in [0.15, 0.2) is 36.9 Å². The fourth-order valence-corrected chi connectivity index (χ4v) is 4.12. The van der Waals surface area contributed by atoms with Gasteiger partial charge in [0.25, 0.3) is 0 Å². The van der Waals surface area contributed by atoms with E-state index in [1.54, 1.807) is 12.4 Å². The van der Waals surface area contributed by atoms with Gasteiger partial charge in [-0.2, -0.15) is 0 Å². The molecule has 4 rings (SSSR count). The predicted octanol–water partition coefficient (Wildman–Crippen LogP) is 2.07. The van der Waals surface area contributed by atoms with Crippen LogP contribution in [0.1, 0.15) is 24.8 Å². The van der Waals surface area contributed by atoms with Crippen molar-refractivity contribution < 1.29 is 9.18 Å². The maximum absolute atomic E-state index is 13.0. The maximum atomic E-state index is 13.0. The van der Waals surface area contributed by atoms with E-state index in [-0.39, 0.29) is 11.3 Å². The molecule has 0 aliphatic carbocycles. The number of rotatable bonds is 3. The molecule has 2 aromatic heterocycles. The third-order valence-electron chi connectivity index (χ3n) is 5.42. The molecule has 2 saturated heterocycles. The quantitative estimate of drug-likeness (QED) is 0.843. The van der Waals surface area contributed by atoms with Crippen LogP contribution in [0, 0.1) is 11.2 Å². The lowest BCUT2D eigenvalue weighted by Gasteiger charge is -2.40. The molecule has 2 aliphatic rings. The van der Waals surface area contributed by atoms with Crippen LogP contribution in [0.3, 0.4) is 0 Å². The van der Waals surface area contributed by atoms with Crippen molar-refractivity contribution in [3.8, 4) is 0 Å². The Morgan fingerprint density at radius 1 is 1.15 bits per heavy atom. The van der Waals surface area contributed by atoms with Crippen LogP contribution in [-0.2, 0) is 11.2 Å². The average molecular weight is 355 g/mol. The van der Waals surface area contributed by atoms with E-state index in [2.05, 4.69) is 19.9 Å². The summed E-state index contributed by atoms with van der Waals surface area (Å²) in [6.07, 6.45) is 9.39. The van der Waals surface area contributed by atoms with E-state index >= 15 is 0 Å². The molecule has 1 unspecified atom stereocenters. The number of hydrogen-bond donors (Lipinski definition) is 0.